The van der Waals surface area contributed by atoms with Crippen molar-refractivity contribution in [1.29, 1.82) is 0 Å². The van der Waals surface area contributed by atoms with E-state index in [4.69, 9.17) is 4.74 Å². The number of esters is 2. The third-order valence-electron chi connectivity index (χ3n) is 1.69. The second-order valence-corrected chi connectivity index (χ2v) is 3.21. The number of carbonyl (C=O) groups excluding carboxylic acids is 3. The highest BCUT2D eigenvalue weighted by molar-refractivity contribution is 5.77. The van der Waals surface area contributed by atoms with E-state index in [1.54, 1.807) is 0 Å². The van der Waals surface area contributed by atoms with Crippen molar-refractivity contribution in [3.63, 3.8) is 0 Å². The first-order valence-corrected chi connectivity index (χ1v) is 5.23. The molecule has 0 aromatic rings. The van der Waals surface area contributed by atoms with Gasteiger partial charge in [-0.25, -0.2) is 0 Å². The Labute approximate surface area is 100.0 Å². The highest BCUT2D eigenvalue weighted by Crippen LogP contribution is 1.97. The molecule has 0 aliphatic rings. The molecule has 0 bridgehead atoms. The van der Waals surface area contributed by atoms with Crippen LogP contribution in [0.15, 0.2) is 12.7 Å². The molecule has 0 radical (unpaired) electrons. The van der Waals surface area contributed by atoms with Crippen molar-refractivity contribution >= 4 is 17.8 Å². The van der Waals surface area contributed by atoms with Crippen LogP contribution < -0.4 is 5.32 Å². The second-order valence-electron chi connectivity index (χ2n) is 3.21. The topological polar surface area (TPSA) is 81.7 Å². The van der Waals surface area contributed by atoms with Crippen LogP contribution in [0.2, 0.25) is 0 Å². The quantitative estimate of drug-likeness (QED) is 0.382. The Morgan fingerprint density at radius 1 is 1.24 bits per heavy atom. The summed E-state index contributed by atoms with van der Waals surface area (Å²) in [7, 11) is 0. The van der Waals surface area contributed by atoms with Crippen LogP contribution in [-0.4, -0.2) is 31.2 Å². The van der Waals surface area contributed by atoms with Crippen molar-refractivity contribution in [3.05, 3.63) is 12.7 Å². The number of nitrogens with one attached hydrogen (secondary N) is 1. The second kappa shape index (κ2) is 9.38. The predicted octanol–water partition coefficient (Wildman–Crippen LogP) is 0.523. The van der Waals surface area contributed by atoms with Gasteiger partial charge in [-0.15, -0.1) is 0 Å². The molecule has 96 valence electrons. The Kier molecular flexibility index (Phi) is 8.36. The number of ether oxygens (including phenoxy) is 2. The summed E-state index contributed by atoms with van der Waals surface area (Å²) in [6, 6.07) is 0. The molecule has 0 saturated carbocycles. The molecule has 0 heterocycles. The van der Waals surface area contributed by atoms with Crippen LogP contribution in [-0.2, 0) is 23.9 Å². The first-order chi connectivity index (χ1) is 8.06. The first kappa shape index (κ1) is 15.2. The summed E-state index contributed by atoms with van der Waals surface area (Å²) < 4.78 is 9.25. The van der Waals surface area contributed by atoms with Gasteiger partial charge < -0.3 is 14.8 Å². The summed E-state index contributed by atoms with van der Waals surface area (Å²) in [6.07, 6.45) is 2.23. The zero-order valence-corrected chi connectivity index (χ0v) is 9.86. The van der Waals surface area contributed by atoms with Gasteiger partial charge in [0.2, 0.25) is 5.91 Å². The predicted molar refractivity (Wildman–Crippen MR) is 59.8 cm³/mol. The number of hydrogen-bond acceptors (Lipinski definition) is 5. The van der Waals surface area contributed by atoms with Crippen molar-refractivity contribution < 1.29 is 23.9 Å². The van der Waals surface area contributed by atoms with E-state index < -0.39 is 5.97 Å². The van der Waals surface area contributed by atoms with E-state index in [9.17, 15) is 14.4 Å². The maximum atomic E-state index is 11.1. The van der Waals surface area contributed by atoms with Crippen LogP contribution in [0, 0.1) is 0 Å². The molecule has 17 heavy (non-hydrogen) atoms. The molecule has 0 atom stereocenters. The monoisotopic (exact) mass is 243 g/mol. The number of amides is 1. The lowest BCUT2D eigenvalue weighted by Crippen LogP contribution is -2.27. The summed E-state index contributed by atoms with van der Waals surface area (Å²) in [5.41, 5.74) is 0. The highest BCUT2D eigenvalue weighted by Gasteiger charge is 2.05. The lowest BCUT2D eigenvalue weighted by molar-refractivity contribution is -0.143. The molecule has 1 N–H and O–H groups in total. The van der Waals surface area contributed by atoms with E-state index >= 15 is 0 Å². The van der Waals surface area contributed by atoms with Gasteiger partial charge in [0.05, 0.1) is 0 Å². The minimum absolute atomic E-state index is 0.144. The van der Waals surface area contributed by atoms with Gasteiger partial charge in [0.1, 0.15) is 6.61 Å². The molecular weight excluding hydrogens is 226 g/mol. The smallest absolute Gasteiger partial charge is 0.306 e. The standard InChI is InChI=1S/C11H17NO5/c1-3-7-16-11(15)6-4-5-10(14)12-8-17-9(2)13/h3H,1,4-8H2,2H3,(H,12,14). The minimum atomic E-state index is -0.460. The first-order valence-electron chi connectivity index (χ1n) is 5.23. The van der Waals surface area contributed by atoms with Crippen LogP contribution in [0.5, 0.6) is 0 Å². The fourth-order valence-electron chi connectivity index (χ4n) is 0.924. The molecule has 0 fully saturated rings. The van der Waals surface area contributed by atoms with Gasteiger partial charge in [-0.1, -0.05) is 12.7 Å². The largest absolute Gasteiger partial charge is 0.461 e. The van der Waals surface area contributed by atoms with E-state index in [2.05, 4.69) is 16.6 Å². The summed E-state index contributed by atoms with van der Waals surface area (Å²) in [4.78, 5) is 32.6. The van der Waals surface area contributed by atoms with Crippen LogP contribution >= 0.6 is 0 Å². The van der Waals surface area contributed by atoms with Crippen LogP contribution in [0.3, 0.4) is 0 Å². The zero-order valence-electron chi connectivity index (χ0n) is 9.86. The Morgan fingerprint density at radius 2 is 1.94 bits per heavy atom. The SMILES string of the molecule is C=CCOC(=O)CCCC(=O)NCOC(C)=O. The average molecular weight is 243 g/mol. The lowest BCUT2D eigenvalue weighted by atomic mass is 10.2. The van der Waals surface area contributed by atoms with E-state index in [1.807, 2.05) is 0 Å². The molecule has 0 spiro atoms. The fourth-order valence-corrected chi connectivity index (χ4v) is 0.924. The highest BCUT2D eigenvalue weighted by atomic mass is 16.5. The Bertz CT molecular complexity index is 288. The summed E-state index contributed by atoms with van der Waals surface area (Å²) >= 11 is 0. The number of carbonyl (C=O) groups is 3. The minimum Gasteiger partial charge on any atom is -0.461 e. The molecule has 1 amide bonds. The molecule has 0 aromatic heterocycles. The normalized spacial score (nSPS) is 9.24. The molecule has 0 aromatic carbocycles. The van der Waals surface area contributed by atoms with Gasteiger partial charge in [-0.3, -0.25) is 14.4 Å². The average Bonchev–Trinajstić information content (AvgIpc) is 2.25. The van der Waals surface area contributed by atoms with Gasteiger partial charge in [-0.05, 0) is 6.42 Å². The van der Waals surface area contributed by atoms with Crippen molar-refractivity contribution in [1.82, 2.24) is 5.32 Å². The Hall–Kier alpha value is -1.85. The molecule has 6 heteroatoms. The molecular formula is C11H17NO5. The van der Waals surface area contributed by atoms with Crippen LogP contribution in [0.25, 0.3) is 0 Å². The maximum Gasteiger partial charge on any atom is 0.306 e. The van der Waals surface area contributed by atoms with Crippen LogP contribution in [0.4, 0.5) is 0 Å². The van der Waals surface area contributed by atoms with E-state index in [0.29, 0.717) is 6.42 Å². The van der Waals surface area contributed by atoms with Gasteiger partial charge >= 0.3 is 11.9 Å². The van der Waals surface area contributed by atoms with Crippen molar-refractivity contribution in [3.8, 4) is 0 Å². The van der Waals surface area contributed by atoms with Gasteiger partial charge in [0, 0.05) is 19.8 Å². The van der Waals surface area contributed by atoms with E-state index in [0.717, 1.165) is 0 Å². The molecule has 0 saturated heterocycles. The van der Waals surface area contributed by atoms with Gasteiger partial charge in [0.15, 0.2) is 6.73 Å². The maximum absolute atomic E-state index is 11.1. The van der Waals surface area contributed by atoms with Gasteiger partial charge in [-0.2, -0.15) is 0 Å². The zero-order chi connectivity index (χ0) is 13.1. The van der Waals surface area contributed by atoms with Crippen molar-refractivity contribution in [2.24, 2.45) is 0 Å². The van der Waals surface area contributed by atoms with Crippen molar-refractivity contribution in [2.75, 3.05) is 13.3 Å². The molecule has 0 aliphatic heterocycles. The summed E-state index contributed by atoms with van der Waals surface area (Å²) in [5, 5.41) is 2.38. The number of hydrogen-bond donors (Lipinski definition) is 1. The van der Waals surface area contributed by atoms with E-state index in [1.165, 1.54) is 13.0 Å². The number of rotatable bonds is 8. The van der Waals surface area contributed by atoms with E-state index in [-0.39, 0.29) is 38.1 Å². The third-order valence-corrected chi connectivity index (χ3v) is 1.69. The Morgan fingerprint density at radius 3 is 2.53 bits per heavy atom. The molecule has 0 unspecified atom stereocenters. The van der Waals surface area contributed by atoms with Gasteiger partial charge in [0.25, 0.3) is 0 Å². The third kappa shape index (κ3) is 10.4. The molecule has 6 nitrogen and oxygen atoms in total. The molecule has 0 rings (SSSR count). The summed E-state index contributed by atoms with van der Waals surface area (Å²) in [6.45, 7) is 4.69. The summed E-state index contributed by atoms with van der Waals surface area (Å²) in [5.74, 6) is -1.10. The Balaban J connectivity index is 3.47. The molecule has 0 aliphatic carbocycles. The van der Waals surface area contributed by atoms with Crippen LogP contribution in [0.1, 0.15) is 26.2 Å². The lowest BCUT2D eigenvalue weighted by Gasteiger charge is -2.05. The fraction of sp³-hybridized carbons (Fsp3) is 0.545. The van der Waals surface area contributed by atoms with Crippen molar-refractivity contribution in [2.45, 2.75) is 26.2 Å².